The van der Waals surface area contributed by atoms with Crippen molar-refractivity contribution in [3.63, 3.8) is 0 Å². The average Bonchev–Trinajstić information content (AvgIpc) is 2.46. The van der Waals surface area contributed by atoms with Crippen molar-refractivity contribution in [1.29, 1.82) is 0 Å². The van der Waals surface area contributed by atoms with Crippen molar-refractivity contribution < 1.29 is 14.2 Å². The van der Waals surface area contributed by atoms with E-state index in [1.807, 2.05) is 30.3 Å². The third kappa shape index (κ3) is 6.01. The van der Waals surface area contributed by atoms with E-state index in [2.05, 4.69) is 13.8 Å². The van der Waals surface area contributed by atoms with Crippen molar-refractivity contribution in [1.82, 2.24) is 0 Å². The maximum atomic E-state index is 6.32. The second-order valence-electron chi connectivity index (χ2n) is 5.12. The zero-order valence-electron chi connectivity index (χ0n) is 12.7. The molecule has 2 unspecified atom stereocenters. The predicted molar refractivity (Wildman–Crippen MR) is 80.6 cm³/mol. The number of nitrogens with two attached hydrogens (primary N) is 1. The summed E-state index contributed by atoms with van der Waals surface area (Å²) in [4.78, 5) is 0. The maximum Gasteiger partial charge on any atom is 0.0791 e. The quantitative estimate of drug-likeness (QED) is 0.669. The lowest BCUT2D eigenvalue weighted by molar-refractivity contribution is -0.0330. The van der Waals surface area contributed by atoms with Crippen molar-refractivity contribution in [2.75, 3.05) is 33.5 Å². The van der Waals surface area contributed by atoms with Gasteiger partial charge in [-0.05, 0) is 11.5 Å². The molecule has 1 aromatic rings. The number of methoxy groups -OCH3 is 1. The Kier molecular flexibility index (Phi) is 8.46. The molecule has 0 aliphatic rings. The van der Waals surface area contributed by atoms with Crippen molar-refractivity contribution >= 4 is 0 Å². The Balaban J connectivity index is 2.40. The lowest BCUT2D eigenvalue weighted by Crippen LogP contribution is -2.34. The van der Waals surface area contributed by atoms with Crippen LogP contribution in [0.4, 0.5) is 0 Å². The van der Waals surface area contributed by atoms with Crippen LogP contribution in [0.15, 0.2) is 30.3 Å². The molecule has 0 aromatic heterocycles. The fourth-order valence-corrected chi connectivity index (χ4v) is 2.06. The summed E-state index contributed by atoms with van der Waals surface area (Å²) in [6.45, 7) is 6.56. The van der Waals surface area contributed by atoms with Gasteiger partial charge < -0.3 is 19.9 Å². The standard InChI is InChI=1S/C16H27NO3/c1-13(2)16(20-12-11-19-10-9-18-3)15(17)14-7-5-4-6-8-14/h4-8,13,15-16H,9-12,17H2,1-3H3. The summed E-state index contributed by atoms with van der Waals surface area (Å²) in [7, 11) is 1.66. The molecule has 2 N–H and O–H groups in total. The summed E-state index contributed by atoms with van der Waals surface area (Å²) in [6.07, 6.45) is -0.0107. The molecule has 1 aromatic carbocycles. The van der Waals surface area contributed by atoms with E-state index in [0.29, 0.717) is 32.3 Å². The topological polar surface area (TPSA) is 53.7 Å². The number of hydrogen-bond donors (Lipinski definition) is 1. The molecule has 0 spiro atoms. The van der Waals surface area contributed by atoms with Gasteiger partial charge in [0.25, 0.3) is 0 Å². The van der Waals surface area contributed by atoms with Crippen LogP contribution in [0.2, 0.25) is 0 Å². The Bertz CT molecular complexity index is 343. The summed E-state index contributed by atoms with van der Waals surface area (Å²) in [5, 5.41) is 0. The zero-order valence-corrected chi connectivity index (χ0v) is 12.7. The molecule has 4 heteroatoms. The summed E-state index contributed by atoms with van der Waals surface area (Å²) in [5.74, 6) is 0.351. The Labute approximate surface area is 122 Å². The van der Waals surface area contributed by atoms with Crippen LogP contribution in [0.3, 0.4) is 0 Å². The second-order valence-corrected chi connectivity index (χ2v) is 5.12. The normalized spacial score (nSPS) is 14.4. The summed E-state index contributed by atoms with van der Waals surface area (Å²) >= 11 is 0. The molecule has 0 radical (unpaired) electrons. The average molecular weight is 281 g/mol. The van der Waals surface area contributed by atoms with Gasteiger partial charge in [0, 0.05) is 7.11 Å². The fraction of sp³-hybridized carbons (Fsp3) is 0.625. The van der Waals surface area contributed by atoms with Crippen molar-refractivity contribution in [3.8, 4) is 0 Å². The first-order valence-electron chi connectivity index (χ1n) is 7.15. The Morgan fingerprint density at radius 1 is 1.00 bits per heavy atom. The first-order chi connectivity index (χ1) is 9.66. The van der Waals surface area contributed by atoms with E-state index >= 15 is 0 Å². The van der Waals surface area contributed by atoms with E-state index in [1.54, 1.807) is 7.11 Å². The molecule has 0 bridgehead atoms. The lowest BCUT2D eigenvalue weighted by Gasteiger charge is -2.28. The number of benzene rings is 1. The van der Waals surface area contributed by atoms with Crippen LogP contribution in [0.25, 0.3) is 0 Å². The van der Waals surface area contributed by atoms with Gasteiger partial charge in [0.15, 0.2) is 0 Å². The molecule has 20 heavy (non-hydrogen) atoms. The third-order valence-electron chi connectivity index (χ3n) is 3.17. The highest BCUT2D eigenvalue weighted by atomic mass is 16.5. The van der Waals surface area contributed by atoms with E-state index in [-0.39, 0.29) is 12.1 Å². The number of hydrogen-bond acceptors (Lipinski definition) is 4. The van der Waals surface area contributed by atoms with Crippen LogP contribution < -0.4 is 5.73 Å². The smallest absolute Gasteiger partial charge is 0.0791 e. The van der Waals surface area contributed by atoms with Gasteiger partial charge in [0.1, 0.15) is 0 Å². The lowest BCUT2D eigenvalue weighted by atomic mass is 9.94. The number of ether oxygens (including phenoxy) is 3. The number of rotatable bonds is 10. The van der Waals surface area contributed by atoms with Crippen molar-refractivity contribution in [2.24, 2.45) is 11.7 Å². The highest BCUT2D eigenvalue weighted by Gasteiger charge is 2.23. The van der Waals surface area contributed by atoms with Gasteiger partial charge >= 0.3 is 0 Å². The molecule has 0 aliphatic heterocycles. The van der Waals surface area contributed by atoms with E-state index in [1.165, 1.54) is 0 Å². The summed E-state index contributed by atoms with van der Waals surface area (Å²) in [6, 6.07) is 9.96. The van der Waals surface area contributed by atoms with Gasteiger partial charge in [-0.25, -0.2) is 0 Å². The molecular formula is C16H27NO3. The Morgan fingerprint density at radius 2 is 1.65 bits per heavy atom. The Morgan fingerprint density at radius 3 is 2.25 bits per heavy atom. The van der Waals surface area contributed by atoms with Crippen LogP contribution in [-0.4, -0.2) is 39.6 Å². The minimum atomic E-state index is -0.116. The molecule has 1 rings (SSSR count). The summed E-state index contributed by atoms with van der Waals surface area (Å²) in [5.41, 5.74) is 7.42. The minimum absolute atomic E-state index is 0.0107. The molecule has 0 saturated heterocycles. The van der Waals surface area contributed by atoms with Gasteiger partial charge in [-0.2, -0.15) is 0 Å². The molecular weight excluding hydrogens is 254 g/mol. The Hall–Kier alpha value is -0.940. The molecule has 0 saturated carbocycles. The van der Waals surface area contributed by atoms with Crippen molar-refractivity contribution in [2.45, 2.75) is 26.0 Å². The molecule has 0 fully saturated rings. The zero-order chi connectivity index (χ0) is 14.8. The monoisotopic (exact) mass is 281 g/mol. The SMILES string of the molecule is COCCOCCOC(C(C)C)C(N)c1ccccc1. The minimum Gasteiger partial charge on any atom is -0.382 e. The highest BCUT2D eigenvalue weighted by molar-refractivity contribution is 5.19. The second kappa shape index (κ2) is 9.88. The molecule has 2 atom stereocenters. The van der Waals surface area contributed by atoms with E-state index < -0.39 is 0 Å². The van der Waals surface area contributed by atoms with Gasteiger partial charge in [-0.15, -0.1) is 0 Å². The molecule has 0 heterocycles. The molecule has 4 nitrogen and oxygen atoms in total. The maximum absolute atomic E-state index is 6.32. The first kappa shape index (κ1) is 17.1. The molecule has 0 amide bonds. The highest BCUT2D eigenvalue weighted by Crippen LogP contribution is 2.22. The van der Waals surface area contributed by atoms with Crippen LogP contribution in [0.5, 0.6) is 0 Å². The molecule has 114 valence electrons. The van der Waals surface area contributed by atoms with Crippen LogP contribution in [0, 0.1) is 5.92 Å². The molecule has 0 aliphatic carbocycles. The third-order valence-corrected chi connectivity index (χ3v) is 3.17. The van der Waals surface area contributed by atoms with Gasteiger partial charge in [-0.3, -0.25) is 0 Å². The summed E-state index contributed by atoms with van der Waals surface area (Å²) < 4.78 is 16.2. The van der Waals surface area contributed by atoms with Gasteiger partial charge in [0.2, 0.25) is 0 Å². The van der Waals surface area contributed by atoms with E-state index in [9.17, 15) is 0 Å². The van der Waals surface area contributed by atoms with E-state index in [4.69, 9.17) is 19.9 Å². The van der Waals surface area contributed by atoms with Gasteiger partial charge in [-0.1, -0.05) is 44.2 Å². The fourth-order valence-electron chi connectivity index (χ4n) is 2.06. The van der Waals surface area contributed by atoms with Crippen LogP contribution in [-0.2, 0) is 14.2 Å². The van der Waals surface area contributed by atoms with Crippen LogP contribution >= 0.6 is 0 Å². The van der Waals surface area contributed by atoms with E-state index in [0.717, 1.165) is 5.56 Å². The van der Waals surface area contributed by atoms with Gasteiger partial charge in [0.05, 0.1) is 38.6 Å². The largest absolute Gasteiger partial charge is 0.382 e. The van der Waals surface area contributed by atoms with Crippen LogP contribution in [0.1, 0.15) is 25.5 Å². The first-order valence-corrected chi connectivity index (χ1v) is 7.15. The van der Waals surface area contributed by atoms with Crippen molar-refractivity contribution in [3.05, 3.63) is 35.9 Å². The predicted octanol–water partition coefficient (Wildman–Crippen LogP) is 2.39.